The van der Waals surface area contributed by atoms with Crippen LogP contribution in [0.1, 0.15) is 36.7 Å². The molecule has 6 aromatic rings. The number of pyridine rings is 2. The SMILES string of the molecule is CC(C)(C)c1ccc(S(=O)(=O)Nc2ccc(OC(F)(F)F)c(Cl)c2-c2cccc3ncccc23)cc1.O=C(O)c1cccc2cccnc12. The van der Waals surface area contributed by atoms with Gasteiger partial charge in [-0.15, -0.1) is 13.2 Å². The molecule has 2 heterocycles. The Morgan fingerprint density at radius 3 is 2.16 bits per heavy atom. The summed E-state index contributed by atoms with van der Waals surface area (Å²) in [6.07, 6.45) is -1.83. The van der Waals surface area contributed by atoms with Gasteiger partial charge in [-0.3, -0.25) is 14.7 Å². The van der Waals surface area contributed by atoms with Crippen LogP contribution in [0.5, 0.6) is 5.75 Å². The standard InChI is InChI=1S/C26H22ClF3N2O3S.C10H7NO2/c1-25(2,3)16-9-11-17(12-10-16)36(33,34)32-21-13-14-22(35-26(28,29)30)24(27)23(21)19-6-4-8-20-18(19)7-5-15-31-20;12-10(13)8-5-1-3-7-4-2-6-11-9(7)8/h4-15,32H,1-3H3;1-6H,(H,12,13). The molecule has 49 heavy (non-hydrogen) atoms. The first kappa shape index (κ1) is 35.1. The van der Waals surface area contributed by atoms with Crippen LogP contribution in [0.3, 0.4) is 0 Å². The number of sulfonamides is 1. The molecule has 252 valence electrons. The molecule has 8 nitrogen and oxygen atoms in total. The number of halogens is 4. The second-order valence-corrected chi connectivity index (χ2v) is 13.8. The minimum atomic E-state index is -4.99. The maximum atomic E-state index is 13.3. The highest BCUT2D eigenvalue weighted by molar-refractivity contribution is 7.92. The van der Waals surface area contributed by atoms with E-state index in [9.17, 15) is 26.4 Å². The molecule has 0 atom stereocenters. The van der Waals surface area contributed by atoms with Crippen molar-refractivity contribution in [1.29, 1.82) is 0 Å². The van der Waals surface area contributed by atoms with Crippen molar-refractivity contribution < 1.29 is 36.2 Å². The fourth-order valence-corrected chi connectivity index (χ4v) is 6.42. The zero-order valence-electron chi connectivity index (χ0n) is 26.3. The number of carboxylic acid groups (broad SMARTS) is 1. The van der Waals surface area contributed by atoms with Crippen molar-refractivity contribution in [2.75, 3.05) is 4.72 Å². The van der Waals surface area contributed by atoms with E-state index in [0.717, 1.165) is 17.0 Å². The molecule has 4 aromatic carbocycles. The summed E-state index contributed by atoms with van der Waals surface area (Å²) < 4.78 is 72.1. The maximum absolute atomic E-state index is 13.3. The highest BCUT2D eigenvalue weighted by Crippen LogP contribution is 2.45. The molecule has 0 aliphatic rings. The van der Waals surface area contributed by atoms with E-state index in [-0.39, 0.29) is 27.1 Å². The number of anilines is 1. The van der Waals surface area contributed by atoms with Crippen LogP contribution in [-0.4, -0.2) is 35.8 Å². The highest BCUT2D eigenvalue weighted by atomic mass is 35.5. The molecule has 0 saturated carbocycles. The number of carbonyl (C=O) groups is 1. The normalized spacial score (nSPS) is 11.9. The summed E-state index contributed by atoms with van der Waals surface area (Å²) in [5.41, 5.74) is 2.53. The first-order valence-corrected chi connectivity index (χ1v) is 16.5. The van der Waals surface area contributed by atoms with E-state index in [1.165, 1.54) is 18.2 Å². The van der Waals surface area contributed by atoms with Crippen LogP contribution in [0.2, 0.25) is 5.02 Å². The molecule has 0 saturated heterocycles. The summed E-state index contributed by atoms with van der Waals surface area (Å²) in [5, 5.41) is 9.87. The van der Waals surface area contributed by atoms with Gasteiger partial charge in [0, 0.05) is 28.7 Å². The highest BCUT2D eigenvalue weighted by Gasteiger charge is 2.33. The molecule has 0 aliphatic carbocycles. The Labute approximate surface area is 285 Å². The molecule has 0 amide bonds. The largest absolute Gasteiger partial charge is 0.573 e. The van der Waals surface area contributed by atoms with Gasteiger partial charge in [0.2, 0.25) is 0 Å². The molecule has 0 fully saturated rings. The van der Waals surface area contributed by atoms with Crippen molar-refractivity contribution in [3.05, 3.63) is 126 Å². The van der Waals surface area contributed by atoms with E-state index in [1.807, 2.05) is 32.9 Å². The average Bonchev–Trinajstić information content (AvgIpc) is 3.05. The second kappa shape index (κ2) is 13.7. The summed E-state index contributed by atoms with van der Waals surface area (Å²) in [5.74, 6) is -1.60. The topological polar surface area (TPSA) is 118 Å². The van der Waals surface area contributed by atoms with Gasteiger partial charge < -0.3 is 9.84 Å². The lowest BCUT2D eigenvalue weighted by Crippen LogP contribution is -2.18. The Bertz CT molecular complexity index is 2260. The summed E-state index contributed by atoms with van der Waals surface area (Å²) in [6, 6.07) is 25.7. The van der Waals surface area contributed by atoms with Gasteiger partial charge in [-0.2, -0.15) is 0 Å². The number of hydrogen-bond donors (Lipinski definition) is 2. The average molecular weight is 708 g/mol. The Morgan fingerprint density at radius 1 is 0.837 bits per heavy atom. The molecule has 13 heteroatoms. The fraction of sp³-hybridized carbons (Fsp3) is 0.139. The molecular weight excluding hydrogens is 679 g/mol. The fourth-order valence-electron chi connectivity index (χ4n) is 5.04. The number of rotatable bonds is 6. The predicted octanol–water partition coefficient (Wildman–Crippen LogP) is 9.49. The Morgan fingerprint density at radius 2 is 1.49 bits per heavy atom. The van der Waals surface area contributed by atoms with Gasteiger partial charge in [0.25, 0.3) is 10.0 Å². The van der Waals surface area contributed by atoms with Gasteiger partial charge in [-0.25, -0.2) is 13.2 Å². The van der Waals surface area contributed by atoms with Crippen molar-refractivity contribution in [3.8, 4) is 16.9 Å². The number of para-hydroxylation sites is 1. The number of aromatic carboxylic acids is 1. The van der Waals surface area contributed by atoms with E-state index in [1.54, 1.807) is 73.1 Å². The van der Waals surface area contributed by atoms with Crippen LogP contribution < -0.4 is 9.46 Å². The molecule has 6 rings (SSSR count). The van der Waals surface area contributed by atoms with Crippen molar-refractivity contribution in [1.82, 2.24) is 9.97 Å². The van der Waals surface area contributed by atoms with Crippen LogP contribution in [0.25, 0.3) is 32.9 Å². The number of ether oxygens (including phenoxy) is 1. The van der Waals surface area contributed by atoms with Crippen molar-refractivity contribution in [3.63, 3.8) is 0 Å². The van der Waals surface area contributed by atoms with E-state index in [2.05, 4.69) is 19.4 Å². The summed E-state index contributed by atoms with van der Waals surface area (Å²) in [4.78, 5) is 19.1. The van der Waals surface area contributed by atoms with Gasteiger partial charge in [-0.05, 0) is 65.1 Å². The van der Waals surface area contributed by atoms with E-state index in [4.69, 9.17) is 16.7 Å². The van der Waals surface area contributed by atoms with Gasteiger partial charge >= 0.3 is 12.3 Å². The van der Waals surface area contributed by atoms with Crippen LogP contribution in [-0.2, 0) is 15.4 Å². The van der Waals surface area contributed by atoms with Crippen molar-refractivity contribution in [2.24, 2.45) is 0 Å². The van der Waals surface area contributed by atoms with Crippen LogP contribution in [0.4, 0.5) is 18.9 Å². The minimum absolute atomic E-state index is 0.00669. The lowest BCUT2D eigenvalue weighted by atomic mass is 9.87. The molecule has 2 N–H and O–H groups in total. The second-order valence-electron chi connectivity index (χ2n) is 11.8. The first-order valence-electron chi connectivity index (χ1n) is 14.7. The van der Waals surface area contributed by atoms with Crippen LogP contribution in [0, 0.1) is 0 Å². The Hall–Kier alpha value is -5.20. The molecule has 2 aromatic heterocycles. The molecule has 0 aliphatic heterocycles. The summed E-state index contributed by atoms with van der Waals surface area (Å²) >= 11 is 6.42. The van der Waals surface area contributed by atoms with E-state index >= 15 is 0 Å². The number of hydrogen-bond acceptors (Lipinski definition) is 6. The third-order valence-electron chi connectivity index (χ3n) is 7.39. The number of alkyl halides is 3. The number of fused-ring (bicyclic) bond motifs is 2. The van der Waals surface area contributed by atoms with Crippen LogP contribution >= 0.6 is 11.6 Å². The summed E-state index contributed by atoms with van der Waals surface area (Å²) in [6.45, 7) is 6.02. The van der Waals surface area contributed by atoms with Crippen molar-refractivity contribution >= 4 is 55.1 Å². The first-order chi connectivity index (χ1) is 23.0. The quantitative estimate of drug-likeness (QED) is 0.177. The number of carboxylic acids is 1. The smallest absolute Gasteiger partial charge is 0.478 e. The molecule has 0 radical (unpaired) electrons. The van der Waals surface area contributed by atoms with Gasteiger partial charge in [0.05, 0.1) is 32.2 Å². The Kier molecular flexibility index (Phi) is 9.84. The van der Waals surface area contributed by atoms with E-state index < -0.39 is 33.1 Å². The molecule has 0 unspecified atom stereocenters. The van der Waals surface area contributed by atoms with Gasteiger partial charge in [0.1, 0.15) is 5.75 Å². The van der Waals surface area contributed by atoms with Crippen LogP contribution in [0.15, 0.2) is 114 Å². The molecule has 0 bridgehead atoms. The number of nitrogens with one attached hydrogen (secondary N) is 1. The zero-order valence-corrected chi connectivity index (χ0v) is 27.9. The Balaban J connectivity index is 0.000000299. The predicted molar refractivity (Wildman–Crippen MR) is 184 cm³/mol. The minimum Gasteiger partial charge on any atom is -0.478 e. The van der Waals surface area contributed by atoms with E-state index in [0.29, 0.717) is 22.0 Å². The van der Waals surface area contributed by atoms with Crippen molar-refractivity contribution in [2.45, 2.75) is 37.4 Å². The molecular formula is C36H29ClF3N3O5S. The maximum Gasteiger partial charge on any atom is 0.573 e. The third kappa shape index (κ3) is 8.10. The third-order valence-corrected chi connectivity index (χ3v) is 9.14. The number of aromatic nitrogens is 2. The summed E-state index contributed by atoms with van der Waals surface area (Å²) in [7, 11) is -4.11. The van der Waals surface area contributed by atoms with Gasteiger partial charge in [-0.1, -0.05) is 80.9 Å². The van der Waals surface area contributed by atoms with Gasteiger partial charge in [0.15, 0.2) is 0 Å². The zero-order chi connectivity index (χ0) is 35.6. The number of nitrogens with zero attached hydrogens (tertiary/aromatic N) is 2. The lowest BCUT2D eigenvalue weighted by Gasteiger charge is -2.20. The number of benzene rings is 4. The monoisotopic (exact) mass is 707 g/mol. The molecule has 0 spiro atoms. The lowest BCUT2D eigenvalue weighted by molar-refractivity contribution is -0.274.